The smallest absolute Gasteiger partial charge is 0.0715 e. The fourth-order valence-corrected chi connectivity index (χ4v) is 3.52. The van der Waals surface area contributed by atoms with E-state index in [-0.39, 0.29) is 5.41 Å². The lowest BCUT2D eigenvalue weighted by Crippen LogP contribution is -2.50. The van der Waals surface area contributed by atoms with Gasteiger partial charge >= 0.3 is 0 Å². The maximum Gasteiger partial charge on any atom is 0.0715 e. The minimum absolute atomic E-state index is 0.0227. The zero-order valence-electron chi connectivity index (χ0n) is 10.1. The van der Waals surface area contributed by atoms with E-state index in [0.717, 1.165) is 18.8 Å². The number of aliphatic hydroxyl groups is 1. The van der Waals surface area contributed by atoms with E-state index < -0.39 is 5.60 Å². The average Bonchev–Trinajstić information content (AvgIpc) is 2.98. The largest absolute Gasteiger partial charge is 0.389 e. The van der Waals surface area contributed by atoms with Crippen molar-refractivity contribution in [2.75, 3.05) is 6.54 Å². The molecular formula is C13H25NO. The topological polar surface area (TPSA) is 46.2 Å². The van der Waals surface area contributed by atoms with Crippen molar-refractivity contribution in [3.05, 3.63) is 0 Å². The van der Waals surface area contributed by atoms with Crippen molar-refractivity contribution in [2.24, 2.45) is 23.0 Å². The first-order valence-corrected chi connectivity index (χ1v) is 6.48. The third kappa shape index (κ3) is 1.72. The molecule has 2 rings (SSSR count). The van der Waals surface area contributed by atoms with E-state index in [4.69, 9.17) is 5.73 Å². The van der Waals surface area contributed by atoms with Gasteiger partial charge in [0.15, 0.2) is 0 Å². The Morgan fingerprint density at radius 1 is 1.40 bits per heavy atom. The summed E-state index contributed by atoms with van der Waals surface area (Å²) >= 11 is 0. The molecule has 0 spiro atoms. The average molecular weight is 211 g/mol. The summed E-state index contributed by atoms with van der Waals surface area (Å²) in [6.07, 6.45) is 7.17. The zero-order chi connectivity index (χ0) is 11.1. The highest BCUT2D eigenvalue weighted by Crippen LogP contribution is 2.56. The zero-order valence-corrected chi connectivity index (χ0v) is 10.1. The highest BCUT2D eigenvalue weighted by molar-refractivity contribution is 5.08. The van der Waals surface area contributed by atoms with Crippen LogP contribution in [-0.2, 0) is 0 Å². The highest BCUT2D eigenvalue weighted by atomic mass is 16.3. The SMILES string of the molecule is CCC1CCC(CN)(C(C)(O)C2CC2)C1. The Hall–Kier alpha value is -0.0800. The number of nitrogens with two attached hydrogens (primary N) is 1. The maximum absolute atomic E-state index is 10.7. The van der Waals surface area contributed by atoms with Gasteiger partial charge in [0.25, 0.3) is 0 Å². The van der Waals surface area contributed by atoms with Crippen LogP contribution in [0.3, 0.4) is 0 Å². The second-order valence-electron chi connectivity index (χ2n) is 5.92. The Labute approximate surface area is 93.2 Å². The van der Waals surface area contributed by atoms with Crippen LogP contribution in [0.25, 0.3) is 0 Å². The van der Waals surface area contributed by atoms with Crippen molar-refractivity contribution in [3.8, 4) is 0 Å². The molecule has 0 aromatic carbocycles. The molecule has 0 aromatic heterocycles. The molecule has 3 atom stereocenters. The Kier molecular flexibility index (Phi) is 2.85. The Bertz CT molecular complexity index is 235. The maximum atomic E-state index is 10.7. The first-order valence-electron chi connectivity index (χ1n) is 6.48. The normalized spacial score (nSPS) is 40.4. The van der Waals surface area contributed by atoms with Gasteiger partial charge in [-0.05, 0) is 50.9 Å². The van der Waals surface area contributed by atoms with Crippen LogP contribution in [0.4, 0.5) is 0 Å². The standard InChI is InChI=1S/C13H25NO/c1-3-10-6-7-13(8-10,9-14)12(2,15)11-4-5-11/h10-11,15H,3-9,14H2,1-2H3. The summed E-state index contributed by atoms with van der Waals surface area (Å²) in [5.41, 5.74) is 5.49. The second-order valence-corrected chi connectivity index (χ2v) is 5.92. The van der Waals surface area contributed by atoms with E-state index in [1.54, 1.807) is 0 Å². The van der Waals surface area contributed by atoms with Gasteiger partial charge in [0.05, 0.1) is 5.60 Å². The molecule has 2 heteroatoms. The van der Waals surface area contributed by atoms with Crippen molar-refractivity contribution in [2.45, 2.75) is 58.0 Å². The molecule has 0 saturated heterocycles. The third-order valence-corrected chi connectivity index (χ3v) is 5.12. The predicted octanol–water partition coefficient (Wildman–Crippen LogP) is 2.30. The van der Waals surface area contributed by atoms with E-state index >= 15 is 0 Å². The van der Waals surface area contributed by atoms with Gasteiger partial charge in [-0.1, -0.05) is 13.3 Å². The number of rotatable bonds is 4. The summed E-state index contributed by atoms with van der Waals surface area (Å²) in [4.78, 5) is 0. The quantitative estimate of drug-likeness (QED) is 0.749. The molecule has 0 radical (unpaired) electrons. The molecule has 2 saturated carbocycles. The molecular weight excluding hydrogens is 186 g/mol. The molecule has 0 bridgehead atoms. The van der Waals surface area contributed by atoms with E-state index in [9.17, 15) is 5.11 Å². The van der Waals surface area contributed by atoms with Crippen LogP contribution in [-0.4, -0.2) is 17.3 Å². The van der Waals surface area contributed by atoms with Gasteiger partial charge in [-0.15, -0.1) is 0 Å². The molecule has 2 aliphatic rings. The number of hydrogen-bond acceptors (Lipinski definition) is 2. The van der Waals surface area contributed by atoms with E-state index in [2.05, 4.69) is 6.92 Å². The number of hydrogen-bond donors (Lipinski definition) is 2. The molecule has 88 valence electrons. The molecule has 3 unspecified atom stereocenters. The summed E-state index contributed by atoms with van der Waals surface area (Å²) in [6.45, 7) is 4.95. The molecule has 0 aromatic rings. The van der Waals surface area contributed by atoms with Gasteiger partial charge in [-0.3, -0.25) is 0 Å². The molecule has 15 heavy (non-hydrogen) atoms. The Morgan fingerprint density at radius 3 is 2.47 bits per heavy atom. The second kappa shape index (κ2) is 3.74. The van der Waals surface area contributed by atoms with Crippen molar-refractivity contribution in [1.82, 2.24) is 0 Å². The van der Waals surface area contributed by atoms with Crippen molar-refractivity contribution in [1.29, 1.82) is 0 Å². The Morgan fingerprint density at radius 2 is 2.07 bits per heavy atom. The van der Waals surface area contributed by atoms with Crippen LogP contribution in [0.1, 0.15) is 52.4 Å². The van der Waals surface area contributed by atoms with E-state index in [1.807, 2.05) is 6.92 Å². The first kappa shape index (κ1) is 11.4. The summed E-state index contributed by atoms with van der Waals surface area (Å²) in [5, 5.41) is 10.7. The monoisotopic (exact) mass is 211 g/mol. The van der Waals surface area contributed by atoms with E-state index in [1.165, 1.54) is 25.7 Å². The van der Waals surface area contributed by atoms with E-state index in [0.29, 0.717) is 12.5 Å². The van der Waals surface area contributed by atoms with Crippen LogP contribution in [0.5, 0.6) is 0 Å². The minimum atomic E-state index is -0.508. The predicted molar refractivity (Wildman–Crippen MR) is 62.5 cm³/mol. The molecule has 2 fully saturated rings. The fourth-order valence-electron chi connectivity index (χ4n) is 3.52. The highest BCUT2D eigenvalue weighted by Gasteiger charge is 2.56. The fraction of sp³-hybridized carbons (Fsp3) is 1.00. The van der Waals surface area contributed by atoms with Crippen molar-refractivity contribution >= 4 is 0 Å². The van der Waals surface area contributed by atoms with Crippen LogP contribution >= 0.6 is 0 Å². The molecule has 2 nitrogen and oxygen atoms in total. The van der Waals surface area contributed by atoms with Gasteiger partial charge in [0.1, 0.15) is 0 Å². The summed E-state index contributed by atoms with van der Waals surface area (Å²) in [7, 11) is 0. The summed E-state index contributed by atoms with van der Waals surface area (Å²) in [6, 6.07) is 0. The van der Waals surface area contributed by atoms with Crippen LogP contribution in [0.2, 0.25) is 0 Å². The lowest BCUT2D eigenvalue weighted by molar-refractivity contribution is -0.0827. The van der Waals surface area contributed by atoms with Crippen molar-refractivity contribution < 1.29 is 5.11 Å². The summed E-state index contributed by atoms with van der Waals surface area (Å²) < 4.78 is 0. The lowest BCUT2D eigenvalue weighted by Gasteiger charge is -2.43. The molecule has 0 aliphatic heterocycles. The van der Waals surface area contributed by atoms with Crippen molar-refractivity contribution in [3.63, 3.8) is 0 Å². The van der Waals surface area contributed by atoms with Gasteiger partial charge < -0.3 is 10.8 Å². The minimum Gasteiger partial charge on any atom is -0.389 e. The lowest BCUT2D eigenvalue weighted by atomic mass is 9.68. The van der Waals surface area contributed by atoms with Gasteiger partial charge in [-0.2, -0.15) is 0 Å². The van der Waals surface area contributed by atoms with Crippen LogP contribution in [0.15, 0.2) is 0 Å². The third-order valence-electron chi connectivity index (χ3n) is 5.12. The van der Waals surface area contributed by atoms with Crippen LogP contribution < -0.4 is 5.73 Å². The van der Waals surface area contributed by atoms with Gasteiger partial charge in [0, 0.05) is 12.0 Å². The molecule has 3 N–H and O–H groups in total. The van der Waals surface area contributed by atoms with Crippen LogP contribution in [0, 0.1) is 17.3 Å². The molecule has 0 heterocycles. The Balaban J connectivity index is 2.14. The molecule has 2 aliphatic carbocycles. The first-order chi connectivity index (χ1) is 7.05. The van der Waals surface area contributed by atoms with Gasteiger partial charge in [0.2, 0.25) is 0 Å². The van der Waals surface area contributed by atoms with Gasteiger partial charge in [-0.25, -0.2) is 0 Å². The molecule has 0 amide bonds. The summed E-state index contributed by atoms with van der Waals surface area (Å²) in [5.74, 6) is 1.32.